The fourth-order valence-electron chi connectivity index (χ4n) is 3.30. The minimum absolute atomic E-state index is 0.107. The van der Waals surface area contributed by atoms with Crippen molar-refractivity contribution >= 4 is 33.4 Å². The normalized spacial score (nSPS) is 10.7. The van der Waals surface area contributed by atoms with Crippen LogP contribution < -0.4 is 24.8 Å². The number of ether oxygens (including phenoxy) is 4. The van der Waals surface area contributed by atoms with Crippen LogP contribution in [0.5, 0.6) is 17.4 Å². The molecule has 0 aliphatic heterocycles. The van der Waals surface area contributed by atoms with Crippen molar-refractivity contribution in [3.05, 3.63) is 40.0 Å². The van der Waals surface area contributed by atoms with E-state index in [1.54, 1.807) is 25.3 Å². The van der Waals surface area contributed by atoms with Crippen molar-refractivity contribution in [1.29, 1.82) is 0 Å². The monoisotopic (exact) mass is 488 g/mol. The van der Waals surface area contributed by atoms with Gasteiger partial charge in [-0.1, -0.05) is 6.07 Å². The molecule has 2 heterocycles. The van der Waals surface area contributed by atoms with E-state index in [9.17, 15) is 9.59 Å². The second-order valence-corrected chi connectivity index (χ2v) is 8.23. The van der Waals surface area contributed by atoms with Crippen molar-refractivity contribution in [2.24, 2.45) is 0 Å². The second-order valence-electron chi connectivity index (χ2n) is 7.23. The summed E-state index contributed by atoms with van der Waals surface area (Å²) in [7, 11) is 4.62. The van der Waals surface area contributed by atoms with E-state index in [-0.39, 0.29) is 31.6 Å². The number of likely N-dealkylation sites (N-methyl/N-ethyl adjacent to an activating group) is 1. The summed E-state index contributed by atoms with van der Waals surface area (Å²) in [6.45, 7) is 4.63. The highest BCUT2D eigenvalue weighted by molar-refractivity contribution is 7.20. The number of hydrogen-bond donors (Lipinski definition) is 2. The number of hydrogen-bond acceptors (Lipinski definition) is 9. The first kappa shape index (κ1) is 25.2. The summed E-state index contributed by atoms with van der Waals surface area (Å²) in [6, 6.07) is 5.28. The van der Waals surface area contributed by atoms with E-state index in [2.05, 4.69) is 20.6 Å². The first-order valence-electron chi connectivity index (χ1n) is 10.6. The zero-order valence-corrected chi connectivity index (χ0v) is 20.6. The summed E-state index contributed by atoms with van der Waals surface area (Å²) in [6.07, 6.45) is 0. The van der Waals surface area contributed by atoms with E-state index in [0.717, 1.165) is 11.1 Å². The van der Waals surface area contributed by atoms with Crippen molar-refractivity contribution in [2.45, 2.75) is 27.0 Å². The van der Waals surface area contributed by atoms with Crippen LogP contribution in [0.3, 0.4) is 0 Å². The Morgan fingerprint density at radius 2 is 1.85 bits per heavy atom. The van der Waals surface area contributed by atoms with E-state index in [0.29, 0.717) is 44.8 Å². The third-order valence-electron chi connectivity index (χ3n) is 4.89. The summed E-state index contributed by atoms with van der Waals surface area (Å²) < 4.78 is 21.5. The molecule has 2 amide bonds. The molecule has 0 aliphatic rings. The summed E-state index contributed by atoms with van der Waals surface area (Å²) in [5.74, 6) is 1.38. The summed E-state index contributed by atoms with van der Waals surface area (Å²) in [5, 5.41) is 6.31. The van der Waals surface area contributed by atoms with Gasteiger partial charge in [-0.15, -0.1) is 11.3 Å². The zero-order valence-electron chi connectivity index (χ0n) is 19.8. The Hall–Kier alpha value is -3.44. The maximum Gasteiger partial charge on any atom is 0.261 e. The van der Waals surface area contributed by atoms with Gasteiger partial charge in [-0.3, -0.25) is 9.59 Å². The summed E-state index contributed by atoms with van der Waals surface area (Å²) in [4.78, 5) is 34.7. The lowest BCUT2D eigenvalue weighted by atomic mass is 10.1. The van der Waals surface area contributed by atoms with Crippen molar-refractivity contribution in [3.63, 3.8) is 0 Å². The van der Waals surface area contributed by atoms with Crippen molar-refractivity contribution in [2.75, 3.05) is 34.5 Å². The highest BCUT2D eigenvalue weighted by Gasteiger charge is 2.21. The van der Waals surface area contributed by atoms with E-state index in [1.807, 2.05) is 13.8 Å². The molecule has 0 saturated heterocycles. The minimum Gasteiger partial charge on any atom is -0.493 e. The lowest BCUT2D eigenvalue weighted by Gasteiger charge is -2.12. The molecule has 3 rings (SSSR count). The van der Waals surface area contributed by atoms with Gasteiger partial charge in [0.25, 0.3) is 11.8 Å². The number of fused-ring (bicyclic) bond motifs is 1. The molecule has 0 bridgehead atoms. The van der Waals surface area contributed by atoms with Crippen LogP contribution in [-0.2, 0) is 22.7 Å². The molecule has 0 unspecified atom stereocenters. The van der Waals surface area contributed by atoms with Crippen molar-refractivity contribution in [3.8, 4) is 17.4 Å². The summed E-state index contributed by atoms with van der Waals surface area (Å²) in [5.41, 5.74) is 1.57. The van der Waals surface area contributed by atoms with Gasteiger partial charge in [0, 0.05) is 20.2 Å². The van der Waals surface area contributed by atoms with E-state index >= 15 is 0 Å². The van der Waals surface area contributed by atoms with Crippen LogP contribution in [-0.4, -0.2) is 56.3 Å². The smallest absolute Gasteiger partial charge is 0.261 e. The Morgan fingerprint density at radius 1 is 1.06 bits per heavy atom. The molecule has 2 N–H and O–H groups in total. The lowest BCUT2D eigenvalue weighted by Crippen LogP contribution is -2.28. The van der Waals surface area contributed by atoms with Gasteiger partial charge in [-0.05, 0) is 37.1 Å². The van der Waals surface area contributed by atoms with Gasteiger partial charge in [0.15, 0.2) is 23.9 Å². The number of carbonyl (C=O) groups is 2. The van der Waals surface area contributed by atoms with Crippen LogP contribution in [0.2, 0.25) is 0 Å². The zero-order chi connectivity index (χ0) is 24.7. The molecule has 2 aromatic heterocycles. The molecule has 3 aromatic rings. The molecule has 182 valence electrons. The molecule has 0 radical (unpaired) electrons. The fourth-order valence-corrected chi connectivity index (χ4v) is 4.40. The number of nitrogens with one attached hydrogen (secondary N) is 2. The molecule has 34 heavy (non-hydrogen) atoms. The number of amides is 2. The average Bonchev–Trinajstić information content (AvgIpc) is 3.17. The standard InChI is InChI=1S/C23H28N4O6S/c1-6-24-18(28)12-33-15-8-7-14(9-16(15)31-4)10-25-21(29)20-13(2)19-22(32-5)26-17(11-30-3)27-23(19)34-20/h7-9H,6,10-12H2,1-5H3,(H,24,28)(H,25,29). The van der Waals surface area contributed by atoms with E-state index in [4.69, 9.17) is 18.9 Å². The molecule has 0 aliphatic carbocycles. The van der Waals surface area contributed by atoms with Gasteiger partial charge >= 0.3 is 0 Å². The van der Waals surface area contributed by atoms with Crippen LogP contribution in [0.25, 0.3) is 10.2 Å². The SMILES string of the molecule is CCNC(=O)COc1ccc(CNC(=O)c2sc3nc(COC)nc(OC)c3c2C)cc1OC. The molecule has 0 saturated carbocycles. The number of nitrogens with zero attached hydrogens (tertiary/aromatic N) is 2. The number of aryl methyl sites for hydroxylation is 1. The van der Waals surface area contributed by atoms with Crippen LogP contribution in [0.1, 0.15) is 33.5 Å². The Bertz CT molecular complexity index is 1180. The number of carbonyl (C=O) groups excluding carboxylic acids is 2. The Balaban J connectivity index is 1.74. The molecule has 0 spiro atoms. The van der Waals surface area contributed by atoms with Gasteiger partial charge in [0.1, 0.15) is 11.4 Å². The molecular formula is C23H28N4O6S. The highest BCUT2D eigenvalue weighted by Crippen LogP contribution is 2.35. The van der Waals surface area contributed by atoms with Crippen LogP contribution in [0, 0.1) is 6.92 Å². The predicted molar refractivity (Wildman–Crippen MR) is 128 cm³/mol. The molecule has 10 nitrogen and oxygen atoms in total. The first-order valence-corrected chi connectivity index (χ1v) is 11.4. The molecule has 0 fully saturated rings. The topological polar surface area (TPSA) is 121 Å². The highest BCUT2D eigenvalue weighted by atomic mass is 32.1. The van der Waals surface area contributed by atoms with Crippen LogP contribution in [0.4, 0.5) is 0 Å². The van der Waals surface area contributed by atoms with Gasteiger partial charge in [-0.25, -0.2) is 4.98 Å². The average molecular weight is 489 g/mol. The fraction of sp³-hybridized carbons (Fsp3) is 0.391. The maximum atomic E-state index is 13.0. The Labute approximate surface area is 201 Å². The molecular weight excluding hydrogens is 460 g/mol. The minimum atomic E-state index is -0.230. The largest absolute Gasteiger partial charge is 0.493 e. The van der Waals surface area contributed by atoms with Crippen molar-refractivity contribution < 1.29 is 28.5 Å². The third-order valence-corrected chi connectivity index (χ3v) is 6.07. The van der Waals surface area contributed by atoms with E-state index < -0.39 is 0 Å². The maximum absolute atomic E-state index is 13.0. The number of thiophene rings is 1. The quantitative estimate of drug-likeness (QED) is 0.423. The van der Waals surface area contributed by atoms with Gasteiger partial charge in [0.2, 0.25) is 5.88 Å². The molecule has 11 heteroatoms. The predicted octanol–water partition coefficient (Wildman–Crippen LogP) is 2.61. The summed E-state index contributed by atoms with van der Waals surface area (Å²) >= 11 is 1.28. The second kappa shape index (κ2) is 11.6. The van der Waals surface area contributed by atoms with Crippen LogP contribution >= 0.6 is 11.3 Å². The van der Waals surface area contributed by atoms with Gasteiger partial charge in [-0.2, -0.15) is 4.98 Å². The lowest BCUT2D eigenvalue weighted by molar-refractivity contribution is -0.123. The van der Waals surface area contributed by atoms with Crippen molar-refractivity contribution in [1.82, 2.24) is 20.6 Å². The Kier molecular flexibility index (Phi) is 8.61. The third kappa shape index (κ3) is 5.72. The van der Waals surface area contributed by atoms with Gasteiger partial charge < -0.3 is 29.6 Å². The number of rotatable bonds is 11. The molecule has 1 aromatic carbocycles. The first-order chi connectivity index (χ1) is 16.4. The molecule has 0 atom stereocenters. The number of aromatic nitrogens is 2. The number of methoxy groups -OCH3 is 3. The van der Waals surface area contributed by atoms with E-state index in [1.165, 1.54) is 25.6 Å². The van der Waals surface area contributed by atoms with Gasteiger partial charge in [0.05, 0.1) is 24.5 Å². The number of benzene rings is 1. The van der Waals surface area contributed by atoms with Crippen LogP contribution in [0.15, 0.2) is 18.2 Å². The Morgan fingerprint density at radius 3 is 2.53 bits per heavy atom.